The van der Waals surface area contributed by atoms with E-state index in [0.717, 1.165) is 30.7 Å². The molecule has 104 valence electrons. The zero-order chi connectivity index (χ0) is 13.7. The smallest absolute Gasteiger partial charge is 0.144 e. The maximum absolute atomic E-state index is 11.7. The van der Waals surface area contributed by atoms with E-state index < -0.39 is 5.54 Å². The maximum atomic E-state index is 11.7. The second-order valence-electron chi connectivity index (χ2n) is 4.99. The minimum absolute atomic E-state index is 0.540. The van der Waals surface area contributed by atoms with Gasteiger partial charge in [-0.15, -0.1) is 0 Å². The Morgan fingerprint density at radius 2 is 1.95 bits per heavy atom. The van der Waals surface area contributed by atoms with Gasteiger partial charge in [-0.25, -0.2) is 0 Å². The van der Waals surface area contributed by atoms with E-state index in [4.69, 9.17) is 4.74 Å². The van der Waals surface area contributed by atoms with Gasteiger partial charge in [0.2, 0.25) is 0 Å². The van der Waals surface area contributed by atoms with Crippen molar-refractivity contribution in [3.8, 4) is 0 Å². The summed E-state index contributed by atoms with van der Waals surface area (Å²) in [6, 6.07) is 8.40. The first-order valence-electron chi connectivity index (χ1n) is 6.58. The van der Waals surface area contributed by atoms with Gasteiger partial charge in [-0.05, 0) is 24.3 Å². The van der Waals surface area contributed by atoms with Crippen LogP contribution in [0.2, 0.25) is 0 Å². The molecule has 3 nitrogen and oxygen atoms in total. The van der Waals surface area contributed by atoms with E-state index in [0.29, 0.717) is 13.2 Å². The third kappa shape index (κ3) is 3.19. The lowest BCUT2D eigenvalue weighted by Gasteiger charge is -2.39. The first-order chi connectivity index (χ1) is 9.20. The number of rotatable bonds is 5. The minimum atomic E-state index is -0.540. The molecule has 19 heavy (non-hydrogen) atoms. The molecule has 1 saturated heterocycles. The van der Waals surface area contributed by atoms with Crippen LogP contribution in [0.25, 0.3) is 0 Å². The van der Waals surface area contributed by atoms with Crippen molar-refractivity contribution in [1.29, 1.82) is 0 Å². The van der Waals surface area contributed by atoms with Gasteiger partial charge < -0.3 is 9.53 Å². The molecular weight excluding hydrogens is 258 g/mol. The third-order valence-corrected chi connectivity index (χ3v) is 4.37. The van der Waals surface area contributed by atoms with E-state index in [1.807, 2.05) is 6.92 Å². The average molecular weight is 279 g/mol. The summed E-state index contributed by atoms with van der Waals surface area (Å²) in [6.07, 6.45) is 3.15. The number of carbonyl (C=O) groups is 1. The van der Waals surface area contributed by atoms with E-state index in [9.17, 15) is 4.79 Å². The van der Waals surface area contributed by atoms with Crippen LogP contribution in [0.3, 0.4) is 0 Å². The molecule has 1 heterocycles. The van der Waals surface area contributed by atoms with Crippen molar-refractivity contribution >= 4 is 18.0 Å². The summed E-state index contributed by atoms with van der Waals surface area (Å²) < 4.78 is 5.37. The summed E-state index contributed by atoms with van der Waals surface area (Å²) in [6.45, 7) is 5.01. The van der Waals surface area contributed by atoms with E-state index in [1.54, 1.807) is 11.8 Å². The number of nitrogens with zero attached hydrogens (tertiary/aromatic N) is 1. The minimum Gasteiger partial charge on any atom is -0.379 e. The van der Waals surface area contributed by atoms with Crippen LogP contribution in [-0.4, -0.2) is 43.7 Å². The molecule has 0 spiro atoms. The van der Waals surface area contributed by atoms with Crippen molar-refractivity contribution in [2.24, 2.45) is 0 Å². The van der Waals surface area contributed by atoms with Crippen LogP contribution in [-0.2, 0) is 20.8 Å². The highest BCUT2D eigenvalue weighted by Crippen LogP contribution is 2.27. The fourth-order valence-corrected chi connectivity index (χ4v) is 2.98. The van der Waals surface area contributed by atoms with Gasteiger partial charge in [-0.2, -0.15) is 11.8 Å². The van der Waals surface area contributed by atoms with Crippen LogP contribution in [0, 0.1) is 0 Å². The molecule has 0 aromatic heterocycles. The number of ether oxygens (including phenoxy) is 1. The molecule has 4 heteroatoms. The molecule has 0 radical (unpaired) electrons. The largest absolute Gasteiger partial charge is 0.379 e. The lowest BCUT2D eigenvalue weighted by atomic mass is 9.90. The Hall–Kier alpha value is -0.840. The Labute approximate surface area is 119 Å². The Kier molecular flexibility index (Phi) is 5.02. The topological polar surface area (TPSA) is 29.5 Å². The van der Waals surface area contributed by atoms with E-state index >= 15 is 0 Å². The molecule has 1 aromatic rings. The number of aldehydes is 1. The predicted octanol–water partition coefficient (Wildman–Crippen LogP) is 2.30. The molecule has 1 atom stereocenters. The number of hydrogen-bond donors (Lipinski definition) is 0. The highest BCUT2D eigenvalue weighted by Gasteiger charge is 2.34. The van der Waals surface area contributed by atoms with Crippen molar-refractivity contribution in [3.63, 3.8) is 0 Å². The number of carbonyl (C=O) groups excluding carboxylic acids is 1. The Morgan fingerprint density at radius 1 is 1.32 bits per heavy atom. The van der Waals surface area contributed by atoms with E-state index in [1.165, 1.54) is 5.56 Å². The van der Waals surface area contributed by atoms with Gasteiger partial charge in [0.1, 0.15) is 6.29 Å². The first-order valence-corrected chi connectivity index (χ1v) is 7.97. The highest BCUT2D eigenvalue weighted by molar-refractivity contribution is 7.97. The van der Waals surface area contributed by atoms with Crippen molar-refractivity contribution in [3.05, 3.63) is 35.4 Å². The molecule has 1 aliphatic heterocycles. The third-order valence-electron chi connectivity index (χ3n) is 3.75. The van der Waals surface area contributed by atoms with Gasteiger partial charge in [0.15, 0.2) is 0 Å². The molecule has 2 rings (SSSR count). The lowest BCUT2D eigenvalue weighted by molar-refractivity contribution is -0.121. The van der Waals surface area contributed by atoms with Crippen LogP contribution < -0.4 is 0 Å². The van der Waals surface area contributed by atoms with Crippen molar-refractivity contribution in [1.82, 2.24) is 4.90 Å². The summed E-state index contributed by atoms with van der Waals surface area (Å²) in [7, 11) is 0. The lowest BCUT2D eigenvalue weighted by Crippen LogP contribution is -2.50. The summed E-state index contributed by atoms with van der Waals surface area (Å²) >= 11 is 1.81. The van der Waals surface area contributed by atoms with E-state index in [2.05, 4.69) is 35.4 Å². The van der Waals surface area contributed by atoms with E-state index in [-0.39, 0.29) is 0 Å². The fraction of sp³-hybridized carbons (Fsp3) is 0.533. The van der Waals surface area contributed by atoms with Crippen LogP contribution in [0.4, 0.5) is 0 Å². The summed E-state index contributed by atoms with van der Waals surface area (Å²) in [5, 5.41) is 0. The molecule has 0 aliphatic carbocycles. The van der Waals surface area contributed by atoms with Gasteiger partial charge in [0.05, 0.1) is 18.8 Å². The molecule has 0 N–H and O–H groups in total. The molecule has 1 aliphatic rings. The zero-order valence-electron chi connectivity index (χ0n) is 11.6. The normalized spacial score (nSPS) is 19.9. The Morgan fingerprint density at radius 3 is 2.47 bits per heavy atom. The van der Waals surface area contributed by atoms with Gasteiger partial charge in [0, 0.05) is 18.8 Å². The highest BCUT2D eigenvalue weighted by atomic mass is 32.2. The monoisotopic (exact) mass is 279 g/mol. The zero-order valence-corrected chi connectivity index (χ0v) is 12.4. The Bertz CT molecular complexity index is 415. The SMILES string of the molecule is CSCc1ccc(C(C)(C=O)N2CCOCC2)cc1. The molecule has 1 fully saturated rings. The van der Waals surface area contributed by atoms with Crippen molar-refractivity contribution in [2.45, 2.75) is 18.2 Å². The number of morpholine rings is 1. The summed E-state index contributed by atoms with van der Waals surface area (Å²) in [5.41, 5.74) is 1.82. The molecule has 0 amide bonds. The number of thioether (sulfide) groups is 1. The summed E-state index contributed by atoms with van der Waals surface area (Å²) in [4.78, 5) is 13.9. The van der Waals surface area contributed by atoms with Gasteiger partial charge in [-0.1, -0.05) is 24.3 Å². The van der Waals surface area contributed by atoms with Crippen LogP contribution in [0.1, 0.15) is 18.1 Å². The molecule has 1 aromatic carbocycles. The second kappa shape index (κ2) is 6.55. The Balaban J connectivity index is 2.21. The second-order valence-corrected chi connectivity index (χ2v) is 5.86. The first kappa shape index (κ1) is 14.6. The maximum Gasteiger partial charge on any atom is 0.144 e. The van der Waals surface area contributed by atoms with Crippen molar-refractivity contribution < 1.29 is 9.53 Å². The number of hydrogen-bond acceptors (Lipinski definition) is 4. The standard InChI is InChI=1S/C15H21NO2S/c1-15(12-17,16-7-9-18-10-8-16)14-5-3-13(4-6-14)11-19-2/h3-6,12H,7-11H2,1-2H3. The molecule has 1 unspecified atom stereocenters. The van der Waals surface area contributed by atoms with Crippen molar-refractivity contribution in [2.75, 3.05) is 32.6 Å². The van der Waals surface area contributed by atoms with Gasteiger partial charge in [0.25, 0.3) is 0 Å². The van der Waals surface area contributed by atoms with Crippen LogP contribution in [0.15, 0.2) is 24.3 Å². The fourth-order valence-electron chi connectivity index (χ4n) is 2.46. The molecule has 0 saturated carbocycles. The quantitative estimate of drug-likeness (QED) is 0.774. The van der Waals surface area contributed by atoms with Gasteiger partial charge >= 0.3 is 0 Å². The van der Waals surface area contributed by atoms with Crippen LogP contribution in [0.5, 0.6) is 0 Å². The summed E-state index contributed by atoms with van der Waals surface area (Å²) in [5.74, 6) is 1.01. The average Bonchev–Trinajstić information content (AvgIpc) is 2.48. The molecular formula is C15H21NO2S. The number of benzene rings is 1. The van der Waals surface area contributed by atoms with Crippen LogP contribution >= 0.6 is 11.8 Å². The predicted molar refractivity (Wildman–Crippen MR) is 79.5 cm³/mol. The molecule has 0 bridgehead atoms. The van der Waals surface area contributed by atoms with Gasteiger partial charge in [-0.3, -0.25) is 4.90 Å².